The minimum atomic E-state index is -0.290. The highest BCUT2D eigenvalue weighted by Gasteiger charge is 2.53. The van der Waals surface area contributed by atoms with Crippen molar-refractivity contribution in [2.45, 2.75) is 31.3 Å². The monoisotopic (exact) mass is 279 g/mol. The van der Waals surface area contributed by atoms with Crippen molar-refractivity contribution in [2.24, 2.45) is 0 Å². The summed E-state index contributed by atoms with van der Waals surface area (Å²) in [7, 11) is 0. The van der Waals surface area contributed by atoms with Gasteiger partial charge in [0, 0.05) is 18.1 Å². The second-order valence-electron chi connectivity index (χ2n) is 5.52. The van der Waals surface area contributed by atoms with Crippen LogP contribution in [-0.2, 0) is 14.9 Å². The molecular formula is C15H18ClNO2. The van der Waals surface area contributed by atoms with Crippen LogP contribution in [0.15, 0.2) is 24.3 Å². The first kappa shape index (κ1) is 12.9. The number of nitrogens with zero attached hydrogens (tertiary/aromatic N) is 1. The van der Waals surface area contributed by atoms with Crippen molar-refractivity contribution in [1.29, 1.82) is 0 Å². The van der Waals surface area contributed by atoms with Gasteiger partial charge in [-0.15, -0.1) is 0 Å². The Bertz CT molecular complexity index is 481. The molecule has 0 spiro atoms. The average Bonchev–Trinajstić information content (AvgIpc) is 3.20. The predicted octanol–water partition coefficient (Wildman–Crippen LogP) is 2.62. The van der Waals surface area contributed by atoms with E-state index in [4.69, 9.17) is 16.3 Å². The first-order valence-electron chi connectivity index (χ1n) is 6.79. The SMILES string of the molecule is CC1CN(C(=O)C2(c3ccc(Cl)cc3)CC2)CCO1. The molecule has 4 heteroatoms. The van der Waals surface area contributed by atoms with E-state index in [1.165, 1.54) is 0 Å². The van der Waals surface area contributed by atoms with Crippen LogP contribution < -0.4 is 0 Å². The number of ether oxygens (including phenoxy) is 1. The number of hydrogen-bond donors (Lipinski definition) is 0. The lowest BCUT2D eigenvalue weighted by molar-refractivity contribution is -0.140. The van der Waals surface area contributed by atoms with Gasteiger partial charge in [-0.2, -0.15) is 0 Å². The van der Waals surface area contributed by atoms with Crippen LogP contribution in [0.1, 0.15) is 25.3 Å². The van der Waals surface area contributed by atoms with Crippen LogP contribution in [0, 0.1) is 0 Å². The number of amides is 1. The zero-order valence-corrected chi connectivity index (χ0v) is 11.8. The van der Waals surface area contributed by atoms with Crippen molar-refractivity contribution in [2.75, 3.05) is 19.7 Å². The molecular weight excluding hydrogens is 262 g/mol. The van der Waals surface area contributed by atoms with Gasteiger partial charge < -0.3 is 9.64 Å². The molecule has 3 nitrogen and oxygen atoms in total. The summed E-state index contributed by atoms with van der Waals surface area (Å²) in [5, 5.41) is 0.715. The summed E-state index contributed by atoms with van der Waals surface area (Å²) >= 11 is 5.92. The molecule has 1 atom stereocenters. The maximum Gasteiger partial charge on any atom is 0.233 e. The van der Waals surface area contributed by atoms with Gasteiger partial charge in [0.2, 0.25) is 5.91 Å². The number of carbonyl (C=O) groups is 1. The molecule has 2 fully saturated rings. The van der Waals surface area contributed by atoms with Crippen molar-refractivity contribution in [3.8, 4) is 0 Å². The van der Waals surface area contributed by atoms with Crippen molar-refractivity contribution < 1.29 is 9.53 Å². The molecule has 0 aromatic heterocycles. The van der Waals surface area contributed by atoms with Crippen LogP contribution in [0.25, 0.3) is 0 Å². The molecule has 0 bridgehead atoms. The molecule has 1 aromatic carbocycles. The lowest BCUT2D eigenvalue weighted by Crippen LogP contribution is -2.48. The van der Waals surface area contributed by atoms with Gasteiger partial charge in [-0.1, -0.05) is 23.7 Å². The fraction of sp³-hybridized carbons (Fsp3) is 0.533. The van der Waals surface area contributed by atoms with Crippen molar-refractivity contribution in [3.63, 3.8) is 0 Å². The van der Waals surface area contributed by atoms with Gasteiger partial charge in [0.1, 0.15) is 0 Å². The first-order valence-corrected chi connectivity index (χ1v) is 7.17. The Labute approximate surface area is 118 Å². The van der Waals surface area contributed by atoms with Crippen LogP contribution in [-0.4, -0.2) is 36.6 Å². The van der Waals surface area contributed by atoms with E-state index in [0.717, 1.165) is 18.4 Å². The molecule has 3 rings (SSSR count). The molecule has 1 aromatic rings. The van der Waals surface area contributed by atoms with E-state index < -0.39 is 0 Å². The van der Waals surface area contributed by atoms with Crippen molar-refractivity contribution >= 4 is 17.5 Å². The average molecular weight is 280 g/mol. The topological polar surface area (TPSA) is 29.5 Å². The summed E-state index contributed by atoms with van der Waals surface area (Å²) in [5.74, 6) is 0.255. The Hall–Kier alpha value is -1.06. The summed E-state index contributed by atoms with van der Waals surface area (Å²) in [6, 6.07) is 7.70. The quantitative estimate of drug-likeness (QED) is 0.833. The summed E-state index contributed by atoms with van der Waals surface area (Å²) in [4.78, 5) is 14.7. The number of carbonyl (C=O) groups excluding carboxylic acids is 1. The van der Waals surface area contributed by atoms with Gasteiger partial charge in [0.15, 0.2) is 0 Å². The summed E-state index contributed by atoms with van der Waals surface area (Å²) in [5.41, 5.74) is 0.808. The molecule has 1 heterocycles. The summed E-state index contributed by atoms with van der Waals surface area (Å²) < 4.78 is 5.50. The second-order valence-corrected chi connectivity index (χ2v) is 5.96. The molecule has 19 heavy (non-hydrogen) atoms. The van der Waals surface area contributed by atoms with E-state index in [2.05, 4.69) is 0 Å². The number of halogens is 1. The highest BCUT2D eigenvalue weighted by Crippen LogP contribution is 2.49. The Morgan fingerprint density at radius 3 is 2.63 bits per heavy atom. The zero-order chi connectivity index (χ0) is 13.5. The highest BCUT2D eigenvalue weighted by atomic mass is 35.5. The molecule has 1 saturated carbocycles. The molecule has 1 saturated heterocycles. The fourth-order valence-electron chi connectivity index (χ4n) is 2.83. The van der Waals surface area contributed by atoms with Gasteiger partial charge in [-0.05, 0) is 37.5 Å². The molecule has 2 aliphatic rings. The van der Waals surface area contributed by atoms with Gasteiger partial charge in [0.25, 0.3) is 0 Å². The maximum atomic E-state index is 12.8. The lowest BCUT2D eigenvalue weighted by Gasteiger charge is -2.34. The minimum absolute atomic E-state index is 0.138. The van der Waals surface area contributed by atoms with Crippen LogP contribution in [0.4, 0.5) is 0 Å². The minimum Gasteiger partial charge on any atom is -0.375 e. The normalized spacial score (nSPS) is 25.2. The number of morpholine rings is 1. The zero-order valence-electron chi connectivity index (χ0n) is 11.1. The molecule has 0 N–H and O–H groups in total. The third-order valence-corrected chi connectivity index (χ3v) is 4.34. The summed E-state index contributed by atoms with van der Waals surface area (Å²) in [6.07, 6.45) is 2.03. The van der Waals surface area contributed by atoms with Crippen molar-refractivity contribution in [3.05, 3.63) is 34.9 Å². The molecule has 102 valence electrons. The molecule has 1 aliphatic carbocycles. The van der Waals surface area contributed by atoms with E-state index in [1.807, 2.05) is 36.1 Å². The van der Waals surface area contributed by atoms with Gasteiger partial charge in [-0.3, -0.25) is 4.79 Å². The Balaban J connectivity index is 1.80. The lowest BCUT2D eigenvalue weighted by atomic mass is 9.94. The highest BCUT2D eigenvalue weighted by molar-refractivity contribution is 6.30. The van der Waals surface area contributed by atoms with E-state index >= 15 is 0 Å². The van der Waals surface area contributed by atoms with Crippen LogP contribution in [0.2, 0.25) is 5.02 Å². The van der Waals surface area contributed by atoms with Crippen LogP contribution >= 0.6 is 11.6 Å². The number of hydrogen-bond acceptors (Lipinski definition) is 2. The first-order chi connectivity index (χ1) is 9.12. The maximum absolute atomic E-state index is 12.8. The Morgan fingerprint density at radius 1 is 1.37 bits per heavy atom. The molecule has 1 amide bonds. The number of benzene rings is 1. The molecule has 1 unspecified atom stereocenters. The fourth-order valence-corrected chi connectivity index (χ4v) is 2.95. The van der Waals surface area contributed by atoms with Gasteiger partial charge >= 0.3 is 0 Å². The van der Waals surface area contributed by atoms with E-state index in [0.29, 0.717) is 24.7 Å². The van der Waals surface area contributed by atoms with Crippen LogP contribution in [0.3, 0.4) is 0 Å². The molecule has 1 aliphatic heterocycles. The third-order valence-electron chi connectivity index (χ3n) is 4.08. The van der Waals surface area contributed by atoms with E-state index in [9.17, 15) is 4.79 Å². The largest absolute Gasteiger partial charge is 0.375 e. The van der Waals surface area contributed by atoms with E-state index in [1.54, 1.807) is 0 Å². The van der Waals surface area contributed by atoms with Gasteiger partial charge in [0.05, 0.1) is 18.1 Å². The number of rotatable bonds is 2. The van der Waals surface area contributed by atoms with E-state index in [-0.39, 0.29) is 17.4 Å². The predicted molar refractivity (Wildman–Crippen MR) is 74.4 cm³/mol. The second kappa shape index (κ2) is 4.80. The smallest absolute Gasteiger partial charge is 0.233 e. The standard InChI is InChI=1S/C15H18ClNO2/c1-11-10-17(8-9-19-11)14(18)15(6-7-15)12-2-4-13(16)5-3-12/h2-5,11H,6-10H2,1H3. The Morgan fingerprint density at radius 2 is 2.05 bits per heavy atom. The van der Waals surface area contributed by atoms with Gasteiger partial charge in [-0.25, -0.2) is 0 Å². The molecule has 0 radical (unpaired) electrons. The Kier molecular flexibility index (Phi) is 3.27. The third kappa shape index (κ3) is 2.37. The van der Waals surface area contributed by atoms with Crippen LogP contribution in [0.5, 0.6) is 0 Å². The van der Waals surface area contributed by atoms with Crippen molar-refractivity contribution in [1.82, 2.24) is 4.90 Å². The summed E-state index contributed by atoms with van der Waals surface area (Å²) in [6.45, 7) is 4.07.